The van der Waals surface area contributed by atoms with Crippen molar-refractivity contribution in [2.24, 2.45) is 0 Å². The maximum Gasteiger partial charge on any atom is 0.255 e. The molecular weight excluding hydrogens is 424 g/mol. The van der Waals surface area contributed by atoms with Crippen molar-refractivity contribution in [3.8, 4) is 11.3 Å². The van der Waals surface area contributed by atoms with E-state index in [1.165, 1.54) is 37.1 Å². The topological polar surface area (TPSA) is 93.1 Å². The minimum Gasteiger partial charge on any atom is -0.334 e. The minimum absolute atomic E-state index is 0.120. The Hall–Kier alpha value is -2.97. The van der Waals surface area contributed by atoms with E-state index in [9.17, 15) is 13.2 Å². The summed E-state index contributed by atoms with van der Waals surface area (Å²) < 4.78 is 29.7. The number of aromatic nitrogens is 2. The number of nitrogens with zero attached hydrogens (tertiary/aromatic N) is 2. The summed E-state index contributed by atoms with van der Waals surface area (Å²) in [5, 5.41) is 2.89. The standard InChI is InChI=1S/C24H28N4O3S/c1-24(2,3)27-32(30,31)20-12-10-17(11-13-20)23(29)25-19-8-6-7-18(15-19)21-16-28-14-5-4-9-22(28)26-21/h6-8,10-13,15-16,27H,4-5,9,14H2,1-3H3,(H,25,29). The van der Waals surface area contributed by atoms with Gasteiger partial charge in [0.25, 0.3) is 5.91 Å². The quantitative estimate of drug-likeness (QED) is 0.606. The van der Waals surface area contributed by atoms with Gasteiger partial charge < -0.3 is 9.88 Å². The van der Waals surface area contributed by atoms with Crippen LogP contribution in [0.25, 0.3) is 11.3 Å². The zero-order valence-corrected chi connectivity index (χ0v) is 19.4. The number of hydrogen-bond acceptors (Lipinski definition) is 4. The summed E-state index contributed by atoms with van der Waals surface area (Å²) in [5.41, 5.74) is 2.29. The third-order valence-corrected chi connectivity index (χ3v) is 6.97. The van der Waals surface area contributed by atoms with Crippen LogP contribution in [0.4, 0.5) is 5.69 Å². The van der Waals surface area contributed by atoms with Gasteiger partial charge >= 0.3 is 0 Å². The summed E-state index contributed by atoms with van der Waals surface area (Å²) in [7, 11) is -3.65. The molecule has 0 radical (unpaired) electrons. The molecule has 0 spiro atoms. The molecule has 1 aliphatic rings. The number of fused-ring (bicyclic) bond motifs is 1. The maximum atomic E-state index is 12.7. The van der Waals surface area contributed by atoms with Gasteiger partial charge in [0.15, 0.2) is 0 Å². The molecule has 0 fully saturated rings. The SMILES string of the molecule is CC(C)(C)NS(=O)(=O)c1ccc(C(=O)Nc2cccc(-c3cn4c(n3)CCCC4)c2)cc1. The fourth-order valence-corrected chi connectivity index (χ4v) is 5.18. The Bertz CT molecular complexity index is 1220. The Labute approximate surface area is 188 Å². The molecule has 3 aromatic rings. The molecule has 7 nitrogen and oxygen atoms in total. The third-order valence-electron chi connectivity index (χ3n) is 5.19. The number of rotatable bonds is 5. The molecule has 2 heterocycles. The van der Waals surface area contributed by atoms with E-state index in [-0.39, 0.29) is 10.8 Å². The number of sulfonamides is 1. The molecule has 0 aliphatic carbocycles. The van der Waals surface area contributed by atoms with Crippen molar-refractivity contribution in [2.75, 3.05) is 5.32 Å². The first-order chi connectivity index (χ1) is 15.1. The molecule has 0 atom stereocenters. The first-order valence-electron chi connectivity index (χ1n) is 10.7. The number of nitrogens with one attached hydrogen (secondary N) is 2. The predicted molar refractivity (Wildman–Crippen MR) is 125 cm³/mol. The molecule has 32 heavy (non-hydrogen) atoms. The molecule has 1 aromatic heterocycles. The summed E-state index contributed by atoms with van der Waals surface area (Å²) >= 11 is 0. The number of imidazole rings is 1. The van der Waals surface area contributed by atoms with Gasteiger partial charge in [-0.05, 0) is 70.0 Å². The fraction of sp³-hybridized carbons (Fsp3) is 0.333. The van der Waals surface area contributed by atoms with Gasteiger partial charge in [0.2, 0.25) is 10.0 Å². The molecule has 2 aromatic carbocycles. The van der Waals surface area contributed by atoms with Gasteiger partial charge in [-0.2, -0.15) is 0 Å². The van der Waals surface area contributed by atoms with Gasteiger partial charge in [-0.15, -0.1) is 0 Å². The normalized spacial score (nSPS) is 14.1. The molecule has 4 rings (SSSR count). The van der Waals surface area contributed by atoms with Crippen molar-refractivity contribution in [1.82, 2.24) is 14.3 Å². The highest BCUT2D eigenvalue weighted by atomic mass is 32.2. The molecule has 8 heteroatoms. The first-order valence-corrected chi connectivity index (χ1v) is 12.2. The molecule has 0 saturated heterocycles. The predicted octanol–water partition coefficient (Wildman–Crippen LogP) is 4.22. The van der Waals surface area contributed by atoms with E-state index >= 15 is 0 Å². The highest BCUT2D eigenvalue weighted by molar-refractivity contribution is 7.89. The fourth-order valence-electron chi connectivity index (χ4n) is 3.76. The lowest BCUT2D eigenvalue weighted by Crippen LogP contribution is -2.40. The highest BCUT2D eigenvalue weighted by Crippen LogP contribution is 2.25. The van der Waals surface area contributed by atoms with Crippen molar-refractivity contribution in [3.63, 3.8) is 0 Å². The number of carbonyl (C=O) groups excluding carboxylic acids is 1. The van der Waals surface area contributed by atoms with Gasteiger partial charge in [0.1, 0.15) is 5.82 Å². The lowest BCUT2D eigenvalue weighted by molar-refractivity contribution is 0.102. The number of aryl methyl sites for hydroxylation is 2. The smallest absolute Gasteiger partial charge is 0.255 e. The molecule has 1 aliphatic heterocycles. The van der Waals surface area contributed by atoms with Crippen LogP contribution in [0.2, 0.25) is 0 Å². The van der Waals surface area contributed by atoms with Gasteiger partial charge in [-0.1, -0.05) is 12.1 Å². The zero-order chi connectivity index (χ0) is 22.9. The maximum absolute atomic E-state index is 12.7. The van der Waals surface area contributed by atoms with Crippen molar-refractivity contribution in [1.29, 1.82) is 0 Å². The number of carbonyl (C=O) groups is 1. The second-order valence-corrected chi connectivity index (χ2v) is 10.8. The van der Waals surface area contributed by atoms with Crippen molar-refractivity contribution in [2.45, 2.75) is 57.0 Å². The van der Waals surface area contributed by atoms with E-state index in [1.54, 1.807) is 20.8 Å². The van der Waals surface area contributed by atoms with Crippen LogP contribution in [0.5, 0.6) is 0 Å². The van der Waals surface area contributed by atoms with E-state index in [0.717, 1.165) is 30.0 Å². The Morgan fingerprint density at radius 2 is 1.81 bits per heavy atom. The monoisotopic (exact) mass is 452 g/mol. The Balaban J connectivity index is 1.48. The summed E-state index contributed by atoms with van der Waals surface area (Å²) in [4.78, 5) is 17.6. The number of benzene rings is 2. The van der Waals surface area contributed by atoms with Crippen LogP contribution >= 0.6 is 0 Å². The zero-order valence-electron chi connectivity index (χ0n) is 18.6. The molecule has 1 amide bonds. The summed E-state index contributed by atoms with van der Waals surface area (Å²) in [6.07, 6.45) is 5.40. The van der Waals surface area contributed by atoms with E-state index in [2.05, 4.69) is 20.8 Å². The lowest BCUT2D eigenvalue weighted by atomic mass is 10.1. The van der Waals surface area contributed by atoms with E-state index in [0.29, 0.717) is 11.3 Å². The number of hydrogen-bond donors (Lipinski definition) is 2. The van der Waals surface area contributed by atoms with E-state index < -0.39 is 15.6 Å². The Kier molecular flexibility index (Phi) is 5.92. The average molecular weight is 453 g/mol. The van der Waals surface area contributed by atoms with Crippen LogP contribution in [0.3, 0.4) is 0 Å². The van der Waals surface area contributed by atoms with Gasteiger partial charge in [0.05, 0.1) is 10.6 Å². The van der Waals surface area contributed by atoms with Crippen molar-refractivity contribution < 1.29 is 13.2 Å². The summed E-state index contributed by atoms with van der Waals surface area (Å²) in [6.45, 7) is 6.33. The van der Waals surface area contributed by atoms with Crippen LogP contribution in [0, 0.1) is 0 Å². The summed E-state index contributed by atoms with van der Waals surface area (Å²) in [6, 6.07) is 13.5. The second-order valence-electron chi connectivity index (χ2n) is 9.11. The molecule has 168 valence electrons. The number of amides is 1. The highest BCUT2D eigenvalue weighted by Gasteiger charge is 2.22. The van der Waals surface area contributed by atoms with Gasteiger partial charge in [-0.25, -0.2) is 18.1 Å². The van der Waals surface area contributed by atoms with Crippen LogP contribution in [-0.2, 0) is 23.0 Å². The largest absolute Gasteiger partial charge is 0.334 e. The van der Waals surface area contributed by atoms with Crippen LogP contribution in [0.1, 0.15) is 49.8 Å². The Morgan fingerprint density at radius 3 is 2.50 bits per heavy atom. The molecule has 2 N–H and O–H groups in total. The average Bonchev–Trinajstić information content (AvgIpc) is 3.17. The van der Waals surface area contributed by atoms with Crippen molar-refractivity contribution in [3.05, 3.63) is 66.1 Å². The molecular formula is C24H28N4O3S. The first kappa shape index (κ1) is 22.2. The molecule has 0 unspecified atom stereocenters. The summed E-state index contributed by atoms with van der Waals surface area (Å²) in [5.74, 6) is 0.802. The third kappa shape index (κ3) is 5.08. The van der Waals surface area contributed by atoms with Gasteiger partial charge in [0, 0.05) is 41.5 Å². The van der Waals surface area contributed by atoms with Gasteiger partial charge in [-0.3, -0.25) is 4.79 Å². The van der Waals surface area contributed by atoms with Crippen molar-refractivity contribution >= 4 is 21.6 Å². The number of anilines is 1. The minimum atomic E-state index is -3.65. The van der Waals surface area contributed by atoms with Crippen LogP contribution in [0.15, 0.2) is 59.6 Å². The lowest BCUT2D eigenvalue weighted by Gasteiger charge is -2.20. The second kappa shape index (κ2) is 8.52. The molecule has 0 bridgehead atoms. The van der Waals surface area contributed by atoms with Crippen LogP contribution in [-0.4, -0.2) is 29.4 Å². The van der Waals surface area contributed by atoms with E-state index in [4.69, 9.17) is 4.98 Å². The van der Waals surface area contributed by atoms with E-state index in [1.807, 2.05) is 24.3 Å². The van der Waals surface area contributed by atoms with Crippen LogP contribution < -0.4 is 10.0 Å². The molecule has 0 saturated carbocycles. The Morgan fingerprint density at radius 1 is 1.06 bits per heavy atom.